The molecule has 2 rings (SSSR count). The molecular weight excluding hydrogens is 306 g/mol. The zero-order chi connectivity index (χ0) is 17.4. The average molecular weight is 333 g/mol. The predicted octanol–water partition coefficient (Wildman–Crippen LogP) is 0.357. The molecule has 1 amide bonds. The van der Waals surface area contributed by atoms with Crippen LogP contribution < -0.4 is 10.6 Å². The third kappa shape index (κ3) is 5.07. The second-order valence-corrected chi connectivity index (χ2v) is 5.82. The molecule has 1 aromatic heterocycles. The normalized spacial score (nSPS) is 15.0. The molecule has 1 aromatic rings. The summed E-state index contributed by atoms with van der Waals surface area (Å²) in [4.78, 5) is 18.0. The predicted molar refractivity (Wildman–Crippen MR) is 93.5 cm³/mol. The van der Waals surface area contributed by atoms with Gasteiger partial charge in [0.05, 0.1) is 0 Å². The fraction of sp³-hybridized carbons (Fsp3) is 0.625. The number of amides is 1. The van der Waals surface area contributed by atoms with Crippen molar-refractivity contribution in [2.24, 2.45) is 12.0 Å². The summed E-state index contributed by atoms with van der Waals surface area (Å²) in [7, 11) is 1.93. The average Bonchev–Trinajstić information content (AvgIpc) is 3.12. The molecule has 132 valence electrons. The van der Waals surface area contributed by atoms with E-state index in [4.69, 9.17) is 0 Å². The van der Waals surface area contributed by atoms with Crippen molar-refractivity contribution >= 4 is 11.9 Å². The van der Waals surface area contributed by atoms with E-state index in [1.54, 1.807) is 6.08 Å². The third-order valence-corrected chi connectivity index (χ3v) is 4.04. The van der Waals surface area contributed by atoms with Gasteiger partial charge in [0, 0.05) is 39.6 Å². The molecule has 0 radical (unpaired) electrons. The van der Waals surface area contributed by atoms with Crippen molar-refractivity contribution in [2.75, 3.05) is 26.2 Å². The Kier molecular flexibility index (Phi) is 6.77. The molecule has 0 aromatic carbocycles. The van der Waals surface area contributed by atoms with Crippen molar-refractivity contribution in [3.05, 3.63) is 24.3 Å². The quantitative estimate of drug-likeness (QED) is 0.310. The van der Waals surface area contributed by atoms with Crippen molar-refractivity contribution in [3.63, 3.8) is 0 Å². The zero-order valence-corrected chi connectivity index (χ0v) is 14.6. The molecule has 1 aliphatic rings. The number of aromatic nitrogens is 3. The van der Waals surface area contributed by atoms with Crippen molar-refractivity contribution in [1.29, 1.82) is 0 Å². The summed E-state index contributed by atoms with van der Waals surface area (Å²) < 4.78 is 1.92. The number of guanidine groups is 1. The minimum absolute atomic E-state index is 0.270. The van der Waals surface area contributed by atoms with Crippen molar-refractivity contribution in [3.8, 4) is 0 Å². The van der Waals surface area contributed by atoms with Gasteiger partial charge in [0.2, 0.25) is 5.91 Å². The van der Waals surface area contributed by atoms with Gasteiger partial charge >= 0.3 is 0 Å². The van der Waals surface area contributed by atoms with E-state index in [1.165, 1.54) is 0 Å². The van der Waals surface area contributed by atoms with Crippen molar-refractivity contribution in [1.82, 2.24) is 30.3 Å². The minimum Gasteiger partial charge on any atom is -0.356 e. The van der Waals surface area contributed by atoms with Crippen LogP contribution in [0.25, 0.3) is 0 Å². The SMILES string of the molecule is C=CCNC(=NCc1nnc(C)n1C)NCCCN1CCCC1=O. The first-order valence-corrected chi connectivity index (χ1v) is 8.37. The van der Waals surface area contributed by atoms with E-state index in [9.17, 15) is 4.79 Å². The number of hydrogen-bond acceptors (Lipinski definition) is 4. The van der Waals surface area contributed by atoms with Crippen LogP contribution in [0.5, 0.6) is 0 Å². The Labute approximate surface area is 143 Å². The number of aliphatic imine (C=N–C) groups is 1. The van der Waals surface area contributed by atoms with Crippen LogP contribution in [0, 0.1) is 6.92 Å². The lowest BCUT2D eigenvalue weighted by atomic mass is 10.4. The van der Waals surface area contributed by atoms with Gasteiger partial charge in [-0.25, -0.2) is 4.99 Å². The van der Waals surface area contributed by atoms with Gasteiger partial charge in [0.1, 0.15) is 12.4 Å². The lowest BCUT2D eigenvalue weighted by molar-refractivity contribution is -0.127. The molecule has 0 unspecified atom stereocenters. The van der Waals surface area contributed by atoms with Gasteiger partial charge in [-0.2, -0.15) is 0 Å². The second kappa shape index (κ2) is 9.05. The van der Waals surface area contributed by atoms with Gasteiger partial charge in [-0.05, 0) is 19.8 Å². The first-order chi connectivity index (χ1) is 11.6. The standard InChI is InChI=1S/C16H27N7O/c1-4-8-17-16(19-12-14-21-20-13(2)22(14)3)18-9-6-11-23-10-5-7-15(23)24/h4H,1,5-12H2,2-3H3,(H2,17,18,19). The fourth-order valence-corrected chi connectivity index (χ4v) is 2.50. The highest BCUT2D eigenvalue weighted by atomic mass is 16.2. The number of carbonyl (C=O) groups excluding carboxylic acids is 1. The highest BCUT2D eigenvalue weighted by Gasteiger charge is 2.18. The second-order valence-electron chi connectivity index (χ2n) is 5.82. The summed E-state index contributed by atoms with van der Waals surface area (Å²) in [5.41, 5.74) is 0. The Bertz CT molecular complexity index is 593. The van der Waals surface area contributed by atoms with E-state index in [0.717, 1.165) is 44.1 Å². The molecule has 0 aliphatic carbocycles. The van der Waals surface area contributed by atoms with Crippen LogP contribution in [0.2, 0.25) is 0 Å². The summed E-state index contributed by atoms with van der Waals surface area (Å²) in [6.45, 7) is 9.15. The third-order valence-electron chi connectivity index (χ3n) is 4.04. The smallest absolute Gasteiger partial charge is 0.222 e. The Hall–Kier alpha value is -2.38. The number of carbonyl (C=O) groups is 1. The zero-order valence-electron chi connectivity index (χ0n) is 14.6. The van der Waals surface area contributed by atoms with Gasteiger partial charge in [0.25, 0.3) is 0 Å². The molecule has 8 nitrogen and oxygen atoms in total. The number of hydrogen-bond donors (Lipinski definition) is 2. The number of nitrogens with zero attached hydrogens (tertiary/aromatic N) is 5. The van der Waals surface area contributed by atoms with Gasteiger partial charge in [-0.1, -0.05) is 6.08 Å². The van der Waals surface area contributed by atoms with Crippen LogP contribution in [0.4, 0.5) is 0 Å². The van der Waals surface area contributed by atoms with Gasteiger partial charge in [0.15, 0.2) is 11.8 Å². The fourth-order valence-electron chi connectivity index (χ4n) is 2.50. The van der Waals surface area contributed by atoms with Crippen molar-refractivity contribution in [2.45, 2.75) is 32.7 Å². The summed E-state index contributed by atoms with van der Waals surface area (Å²) in [6.07, 6.45) is 4.35. The Balaban J connectivity index is 1.80. The Morgan fingerprint density at radius 1 is 1.42 bits per heavy atom. The van der Waals surface area contributed by atoms with Crippen molar-refractivity contribution < 1.29 is 4.79 Å². The molecular formula is C16H27N7O. The monoisotopic (exact) mass is 333 g/mol. The maximum absolute atomic E-state index is 11.6. The van der Waals surface area contributed by atoms with Crippen LogP contribution in [-0.2, 0) is 18.4 Å². The number of rotatable bonds is 8. The molecule has 0 bridgehead atoms. The highest BCUT2D eigenvalue weighted by Crippen LogP contribution is 2.09. The number of nitrogens with one attached hydrogen (secondary N) is 2. The van der Waals surface area contributed by atoms with E-state index in [1.807, 2.05) is 23.4 Å². The van der Waals surface area contributed by atoms with Gasteiger partial charge in [-0.15, -0.1) is 16.8 Å². The topological polar surface area (TPSA) is 87.4 Å². The van der Waals surface area contributed by atoms with E-state index in [2.05, 4.69) is 32.4 Å². The van der Waals surface area contributed by atoms with E-state index in [0.29, 0.717) is 25.5 Å². The lowest BCUT2D eigenvalue weighted by Gasteiger charge is -2.16. The maximum Gasteiger partial charge on any atom is 0.222 e. The van der Waals surface area contributed by atoms with Crippen LogP contribution in [0.1, 0.15) is 30.9 Å². The summed E-state index contributed by atoms with van der Waals surface area (Å²) in [5.74, 6) is 2.66. The summed E-state index contributed by atoms with van der Waals surface area (Å²) in [6, 6.07) is 0. The van der Waals surface area contributed by atoms with Crippen LogP contribution in [-0.4, -0.2) is 57.7 Å². The van der Waals surface area contributed by atoms with E-state index in [-0.39, 0.29) is 5.91 Å². The molecule has 8 heteroatoms. The first-order valence-electron chi connectivity index (χ1n) is 8.37. The Morgan fingerprint density at radius 3 is 2.88 bits per heavy atom. The minimum atomic E-state index is 0.270. The molecule has 24 heavy (non-hydrogen) atoms. The molecule has 1 saturated heterocycles. The molecule has 0 saturated carbocycles. The van der Waals surface area contributed by atoms with Crippen LogP contribution in [0.3, 0.4) is 0 Å². The molecule has 1 fully saturated rings. The molecule has 0 atom stereocenters. The molecule has 0 spiro atoms. The number of likely N-dealkylation sites (tertiary alicyclic amines) is 1. The Morgan fingerprint density at radius 2 is 2.25 bits per heavy atom. The lowest BCUT2D eigenvalue weighted by Crippen LogP contribution is -2.39. The first kappa shape index (κ1) is 18.0. The summed E-state index contributed by atoms with van der Waals surface area (Å²) >= 11 is 0. The maximum atomic E-state index is 11.6. The van der Waals surface area contributed by atoms with Crippen LogP contribution in [0.15, 0.2) is 17.6 Å². The molecule has 1 aliphatic heterocycles. The van der Waals surface area contributed by atoms with E-state index < -0.39 is 0 Å². The largest absolute Gasteiger partial charge is 0.356 e. The molecule has 2 heterocycles. The number of aryl methyl sites for hydroxylation is 1. The summed E-state index contributed by atoms with van der Waals surface area (Å²) in [5, 5.41) is 14.6. The van der Waals surface area contributed by atoms with Gasteiger partial charge < -0.3 is 20.1 Å². The highest BCUT2D eigenvalue weighted by molar-refractivity contribution is 5.80. The molecule has 2 N–H and O–H groups in total. The van der Waals surface area contributed by atoms with Crippen LogP contribution >= 0.6 is 0 Å². The van der Waals surface area contributed by atoms with Gasteiger partial charge in [-0.3, -0.25) is 4.79 Å². The van der Waals surface area contributed by atoms with E-state index >= 15 is 0 Å².